The summed E-state index contributed by atoms with van der Waals surface area (Å²) >= 11 is 11.9. The number of benzene rings is 1. The summed E-state index contributed by atoms with van der Waals surface area (Å²) in [6.07, 6.45) is 1.42. The van der Waals surface area contributed by atoms with Gasteiger partial charge in [0.1, 0.15) is 0 Å². The highest BCUT2D eigenvalue weighted by atomic mass is 35.5. The zero-order valence-corrected chi connectivity index (χ0v) is 12.5. The van der Waals surface area contributed by atoms with Crippen LogP contribution in [0.2, 0.25) is 10.0 Å². The van der Waals surface area contributed by atoms with E-state index in [0.717, 1.165) is 0 Å². The molecule has 2 unspecified atom stereocenters. The fourth-order valence-corrected chi connectivity index (χ4v) is 2.95. The molecule has 6 heteroatoms. The van der Waals surface area contributed by atoms with Crippen molar-refractivity contribution >= 4 is 35.1 Å². The first-order valence-corrected chi connectivity index (χ1v) is 7.11. The first-order chi connectivity index (χ1) is 9.41. The predicted octanol–water partition coefficient (Wildman–Crippen LogP) is 3.38. The average molecular weight is 316 g/mol. The molecule has 1 N–H and O–H groups in total. The standard InChI is InChI=1S/C14H15Cl2NO3/c1-17-12(18)4-2-3-9(14(19)20)13(17)8-5-6-10(15)11(16)7-8/h5-7,9,13H,2-4H2,1H3,(H,19,20). The summed E-state index contributed by atoms with van der Waals surface area (Å²) in [5.74, 6) is -1.59. The van der Waals surface area contributed by atoms with E-state index >= 15 is 0 Å². The van der Waals surface area contributed by atoms with Crippen molar-refractivity contribution in [1.82, 2.24) is 4.90 Å². The topological polar surface area (TPSA) is 57.6 Å². The summed E-state index contributed by atoms with van der Waals surface area (Å²) in [6.45, 7) is 0. The summed E-state index contributed by atoms with van der Waals surface area (Å²) in [6, 6.07) is 4.47. The number of nitrogens with zero attached hydrogens (tertiary/aromatic N) is 1. The molecule has 2 atom stereocenters. The number of carbonyl (C=O) groups excluding carboxylic acids is 1. The zero-order chi connectivity index (χ0) is 14.9. The predicted molar refractivity (Wildman–Crippen MR) is 76.9 cm³/mol. The first-order valence-electron chi connectivity index (χ1n) is 6.35. The van der Waals surface area contributed by atoms with E-state index < -0.39 is 17.9 Å². The fourth-order valence-electron chi connectivity index (χ4n) is 2.64. The first kappa shape index (κ1) is 15.1. The Balaban J connectivity index is 2.47. The lowest BCUT2D eigenvalue weighted by Crippen LogP contribution is -2.36. The molecule has 1 saturated heterocycles. The van der Waals surface area contributed by atoms with Crippen molar-refractivity contribution in [2.75, 3.05) is 7.05 Å². The van der Waals surface area contributed by atoms with Gasteiger partial charge in [0.25, 0.3) is 0 Å². The zero-order valence-electron chi connectivity index (χ0n) is 11.0. The van der Waals surface area contributed by atoms with E-state index in [1.807, 2.05) is 0 Å². The van der Waals surface area contributed by atoms with Crippen LogP contribution in [0.15, 0.2) is 18.2 Å². The van der Waals surface area contributed by atoms with E-state index in [-0.39, 0.29) is 5.91 Å². The molecule has 0 bridgehead atoms. The van der Waals surface area contributed by atoms with Crippen LogP contribution in [-0.2, 0) is 9.59 Å². The highest BCUT2D eigenvalue weighted by Crippen LogP contribution is 2.37. The van der Waals surface area contributed by atoms with Gasteiger partial charge in [-0.15, -0.1) is 0 Å². The number of likely N-dealkylation sites (tertiary alicyclic amines) is 1. The number of halogens is 2. The quantitative estimate of drug-likeness (QED) is 0.910. The average Bonchev–Trinajstić information content (AvgIpc) is 2.54. The van der Waals surface area contributed by atoms with Crippen molar-refractivity contribution in [3.05, 3.63) is 33.8 Å². The molecular weight excluding hydrogens is 301 g/mol. The Bertz CT molecular complexity index is 547. The molecule has 2 rings (SSSR count). The molecule has 0 saturated carbocycles. The summed E-state index contributed by atoms with van der Waals surface area (Å²) in [5, 5.41) is 10.2. The van der Waals surface area contributed by atoms with Gasteiger partial charge in [-0.3, -0.25) is 9.59 Å². The van der Waals surface area contributed by atoms with Gasteiger partial charge in [0.2, 0.25) is 5.91 Å². The minimum atomic E-state index is -0.900. The van der Waals surface area contributed by atoms with Gasteiger partial charge >= 0.3 is 5.97 Å². The fraction of sp³-hybridized carbons (Fsp3) is 0.429. The molecule has 20 heavy (non-hydrogen) atoms. The maximum absolute atomic E-state index is 12.0. The van der Waals surface area contributed by atoms with Crippen LogP contribution >= 0.6 is 23.2 Å². The van der Waals surface area contributed by atoms with Crippen molar-refractivity contribution in [1.29, 1.82) is 0 Å². The molecule has 1 aliphatic rings. The minimum absolute atomic E-state index is 0.0511. The summed E-state index contributed by atoms with van der Waals surface area (Å²) in [4.78, 5) is 25.0. The smallest absolute Gasteiger partial charge is 0.308 e. The van der Waals surface area contributed by atoms with E-state index in [1.54, 1.807) is 25.2 Å². The monoisotopic (exact) mass is 315 g/mol. The second-order valence-corrected chi connectivity index (χ2v) is 5.77. The van der Waals surface area contributed by atoms with Gasteiger partial charge in [0, 0.05) is 13.5 Å². The van der Waals surface area contributed by atoms with Gasteiger partial charge in [-0.25, -0.2) is 0 Å². The van der Waals surface area contributed by atoms with Crippen LogP contribution in [0.4, 0.5) is 0 Å². The van der Waals surface area contributed by atoms with Crippen molar-refractivity contribution in [3.63, 3.8) is 0 Å². The van der Waals surface area contributed by atoms with Crippen LogP contribution in [0.1, 0.15) is 30.9 Å². The third-order valence-electron chi connectivity index (χ3n) is 3.70. The lowest BCUT2D eigenvalue weighted by atomic mass is 9.89. The van der Waals surface area contributed by atoms with Crippen molar-refractivity contribution < 1.29 is 14.7 Å². The molecule has 1 aromatic rings. The lowest BCUT2D eigenvalue weighted by Gasteiger charge is -2.31. The molecule has 1 aromatic carbocycles. The highest BCUT2D eigenvalue weighted by Gasteiger charge is 2.36. The maximum atomic E-state index is 12.0. The molecule has 1 fully saturated rings. The molecule has 0 aromatic heterocycles. The second kappa shape index (κ2) is 6.02. The number of carboxylic acid groups (broad SMARTS) is 1. The lowest BCUT2D eigenvalue weighted by molar-refractivity contribution is -0.145. The van der Waals surface area contributed by atoms with E-state index in [9.17, 15) is 14.7 Å². The number of rotatable bonds is 2. The number of carboxylic acids is 1. The summed E-state index contributed by atoms with van der Waals surface area (Å²) in [7, 11) is 1.64. The van der Waals surface area contributed by atoms with E-state index in [1.165, 1.54) is 4.90 Å². The Kier molecular flexibility index (Phi) is 4.55. The second-order valence-electron chi connectivity index (χ2n) is 4.96. The van der Waals surface area contributed by atoms with Crippen LogP contribution in [-0.4, -0.2) is 28.9 Å². The highest BCUT2D eigenvalue weighted by molar-refractivity contribution is 6.42. The van der Waals surface area contributed by atoms with Crippen molar-refractivity contribution in [3.8, 4) is 0 Å². The van der Waals surface area contributed by atoms with Gasteiger partial charge < -0.3 is 10.0 Å². The molecule has 0 radical (unpaired) electrons. The molecule has 108 valence electrons. The molecule has 1 aliphatic heterocycles. The molecule has 1 heterocycles. The Morgan fingerprint density at radius 3 is 2.65 bits per heavy atom. The largest absolute Gasteiger partial charge is 0.481 e. The van der Waals surface area contributed by atoms with Crippen LogP contribution in [0.3, 0.4) is 0 Å². The van der Waals surface area contributed by atoms with Crippen LogP contribution in [0.5, 0.6) is 0 Å². The van der Waals surface area contributed by atoms with Crippen LogP contribution < -0.4 is 0 Å². The van der Waals surface area contributed by atoms with Crippen molar-refractivity contribution in [2.45, 2.75) is 25.3 Å². The number of amides is 1. The van der Waals surface area contributed by atoms with E-state index in [0.29, 0.717) is 34.9 Å². The number of aliphatic carboxylic acids is 1. The SMILES string of the molecule is CN1C(=O)CCCC(C(=O)O)C1c1ccc(Cl)c(Cl)c1. The van der Waals surface area contributed by atoms with Gasteiger partial charge in [-0.2, -0.15) is 0 Å². The van der Waals surface area contributed by atoms with Gasteiger partial charge in [-0.1, -0.05) is 29.3 Å². The summed E-state index contributed by atoms with van der Waals surface area (Å²) in [5.41, 5.74) is 0.699. The number of hydrogen-bond acceptors (Lipinski definition) is 2. The number of carbonyl (C=O) groups is 2. The minimum Gasteiger partial charge on any atom is -0.481 e. The normalized spacial score (nSPS) is 23.6. The van der Waals surface area contributed by atoms with Gasteiger partial charge in [0.05, 0.1) is 22.0 Å². The van der Waals surface area contributed by atoms with Gasteiger partial charge in [-0.05, 0) is 30.5 Å². The van der Waals surface area contributed by atoms with Gasteiger partial charge in [0.15, 0.2) is 0 Å². The molecule has 0 spiro atoms. The van der Waals surface area contributed by atoms with Crippen LogP contribution in [0.25, 0.3) is 0 Å². The Morgan fingerprint density at radius 2 is 2.05 bits per heavy atom. The summed E-state index contributed by atoms with van der Waals surface area (Å²) < 4.78 is 0. The third kappa shape index (κ3) is 2.91. The molecular formula is C14H15Cl2NO3. The Hall–Kier alpha value is -1.26. The van der Waals surface area contributed by atoms with E-state index in [4.69, 9.17) is 23.2 Å². The van der Waals surface area contributed by atoms with Crippen LogP contribution in [0, 0.1) is 5.92 Å². The maximum Gasteiger partial charge on any atom is 0.308 e. The Labute approximate surface area is 127 Å². The van der Waals surface area contributed by atoms with E-state index in [2.05, 4.69) is 0 Å². The third-order valence-corrected chi connectivity index (χ3v) is 4.44. The number of hydrogen-bond donors (Lipinski definition) is 1. The molecule has 0 aliphatic carbocycles. The van der Waals surface area contributed by atoms with Crippen molar-refractivity contribution in [2.24, 2.45) is 5.92 Å². The molecule has 1 amide bonds. The Morgan fingerprint density at radius 1 is 1.35 bits per heavy atom. The molecule has 4 nitrogen and oxygen atoms in total.